The van der Waals surface area contributed by atoms with Crippen molar-refractivity contribution in [3.8, 4) is 0 Å². The third kappa shape index (κ3) is 2.82. The van der Waals surface area contributed by atoms with Gasteiger partial charge in [-0.25, -0.2) is 0 Å². The molecule has 0 aliphatic heterocycles. The van der Waals surface area contributed by atoms with Crippen molar-refractivity contribution in [1.82, 2.24) is 10.3 Å². The van der Waals surface area contributed by atoms with Crippen molar-refractivity contribution in [2.75, 3.05) is 13.2 Å². The number of hydrogen-bond donors (Lipinski definition) is 3. The Bertz CT molecular complexity index is 572. The van der Waals surface area contributed by atoms with Gasteiger partial charge >= 0.3 is 0 Å². The molecule has 0 aliphatic carbocycles. The van der Waals surface area contributed by atoms with Crippen molar-refractivity contribution in [2.45, 2.75) is 40.2 Å². The van der Waals surface area contributed by atoms with Crippen molar-refractivity contribution in [1.29, 1.82) is 0 Å². The predicted molar refractivity (Wildman–Crippen MR) is 80.8 cm³/mol. The molecule has 3 heteroatoms. The summed E-state index contributed by atoms with van der Waals surface area (Å²) in [7, 11) is 0. The lowest BCUT2D eigenvalue weighted by atomic mass is 10.0. The van der Waals surface area contributed by atoms with Crippen molar-refractivity contribution in [3.05, 3.63) is 34.5 Å². The molecule has 1 aromatic heterocycles. The van der Waals surface area contributed by atoms with Crippen LogP contribution in [0.25, 0.3) is 10.9 Å². The maximum atomic E-state index is 9.02. The molecule has 3 N–H and O–H groups in total. The Morgan fingerprint density at radius 3 is 2.68 bits per heavy atom. The van der Waals surface area contributed by atoms with E-state index in [1.165, 1.54) is 33.3 Å². The number of aromatic amines is 1. The number of aromatic nitrogens is 1. The summed E-state index contributed by atoms with van der Waals surface area (Å²) in [5.41, 5.74) is 6.57. The summed E-state index contributed by atoms with van der Waals surface area (Å²) in [6, 6.07) is 4.57. The van der Waals surface area contributed by atoms with E-state index in [-0.39, 0.29) is 12.6 Å². The first kappa shape index (κ1) is 14.1. The number of hydrogen-bond acceptors (Lipinski definition) is 2. The van der Waals surface area contributed by atoms with E-state index in [9.17, 15) is 0 Å². The first-order chi connectivity index (χ1) is 9.04. The molecular weight excluding hydrogens is 236 g/mol. The van der Waals surface area contributed by atoms with E-state index in [1.54, 1.807) is 0 Å². The number of aliphatic hydroxyl groups is 1. The maximum absolute atomic E-state index is 9.02. The van der Waals surface area contributed by atoms with Crippen LogP contribution in [0.4, 0.5) is 0 Å². The van der Waals surface area contributed by atoms with Crippen LogP contribution in [0.1, 0.15) is 29.3 Å². The second kappa shape index (κ2) is 5.76. The molecule has 1 heterocycles. The standard InChI is InChI=1S/C16H24N2O/c1-10-5-6-15-14(7-8-17-11(2)9-19)13(4)18-16(15)12(10)3/h5-6,11,17-19H,7-9H2,1-4H3/t11-/m0/s1. The predicted octanol–water partition coefficient (Wildman–Crippen LogP) is 2.61. The number of H-pyrrole nitrogens is 1. The zero-order valence-corrected chi connectivity index (χ0v) is 12.3. The molecule has 0 spiro atoms. The second-order valence-electron chi connectivity index (χ2n) is 5.45. The Balaban J connectivity index is 2.24. The van der Waals surface area contributed by atoms with Gasteiger partial charge in [0.15, 0.2) is 0 Å². The Morgan fingerprint density at radius 2 is 2.00 bits per heavy atom. The average Bonchev–Trinajstić information content (AvgIpc) is 2.71. The van der Waals surface area contributed by atoms with Crippen LogP contribution in [0.2, 0.25) is 0 Å². The Kier molecular flexibility index (Phi) is 4.27. The minimum Gasteiger partial charge on any atom is -0.395 e. The van der Waals surface area contributed by atoms with E-state index in [4.69, 9.17) is 5.11 Å². The maximum Gasteiger partial charge on any atom is 0.0581 e. The third-order valence-electron chi connectivity index (χ3n) is 3.97. The minimum absolute atomic E-state index is 0.162. The van der Waals surface area contributed by atoms with Gasteiger partial charge in [-0.2, -0.15) is 0 Å². The molecule has 104 valence electrons. The molecule has 0 saturated carbocycles. The van der Waals surface area contributed by atoms with Crippen LogP contribution in [0.15, 0.2) is 12.1 Å². The summed E-state index contributed by atoms with van der Waals surface area (Å²) in [5, 5.41) is 13.7. The van der Waals surface area contributed by atoms with Gasteiger partial charge in [-0.1, -0.05) is 12.1 Å². The summed E-state index contributed by atoms with van der Waals surface area (Å²) in [6.45, 7) is 9.53. The molecule has 19 heavy (non-hydrogen) atoms. The zero-order chi connectivity index (χ0) is 14.0. The fourth-order valence-corrected chi connectivity index (χ4v) is 2.52. The van der Waals surface area contributed by atoms with Crippen LogP contribution in [0.3, 0.4) is 0 Å². The van der Waals surface area contributed by atoms with Gasteiger partial charge in [0, 0.05) is 22.6 Å². The molecule has 2 aromatic rings. The quantitative estimate of drug-likeness (QED) is 0.774. The van der Waals surface area contributed by atoms with E-state index < -0.39 is 0 Å². The molecule has 1 aromatic carbocycles. The summed E-state index contributed by atoms with van der Waals surface area (Å²) in [6.07, 6.45) is 0.985. The number of rotatable bonds is 5. The summed E-state index contributed by atoms with van der Waals surface area (Å²) in [4.78, 5) is 3.51. The highest BCUT2D eigenvalue weighted by Gasteiger charge is 2.11. The SMILES string of the molecule is Cc1ccc2c(CCN[C@@H](C)CO)c(C)[nH]c2c1C. The molecule has 2 rings (SSSR count). The number of aryl methyl sites for hydroxylation is 3. The summed E-state index contributed by atoms with van der Waals surface area (Å²) >= 11 is 0. The number of benzene rings is 1. The molecule has 0 aliphatic rings. The van der Waals surface area contributed by atoms with Crippen LogP contribution in [-0.4, -0.2) is 29.3 Å². The van der Waals surface area contributed by atoms with E-state index in [2.05, 4.69) is 43.2 Å². The molecular formula is C16H24N2O. The third-order valence-corrected chi connectivity index (χ3v) is 3.97. The molecule has 0 amide bonds. The van der Waals surface area contributed by atoms with Gasteiger partial charge in [-0.05, 0) is 57.4 Å². The highest BCUT2D eigenvalue weighted by Crippen LogP contribution is 2.26. The molecule has 0 unspecified atom stereocenters. The van der Waals surface area contributed by atoms with Crippen molar-refractivity contribution in [3.63, 3.8) is 0 Å². The largest absolute Gasteiger partial charge is 0.395 e. The first-order valence-corrected chi connectivity index (χ1v) is 6.96. The van der Waals surface area contributed by atoms with Crippen LogP contribution in [0, 0.1) is 20.8 Å². The van der Waals surface area contributed by atoms with E-state index in [1.807, 2.05) is 6.92 Å². The van der Waals surface area contributed by atoms with Gasteiger partial charge in [0.1, 0.15) is 0 Å². The van der Waals surface area contributed by atoms with Crippen molar-refractivity contribution in [2.24, 2.45) is 0 Å². The fourth-order valence-electron chi connectivity index (χ4n) is 2.52. The molecule has 0 saturated heterocycles. The highest BCUT2D eigenvalue weighted by atomic mass is 16.3. The highest BCUT2D eigenvalue weighted by molar-refractivity contribution is 5.88. The van der Waals surface area contributed by atoms with E-state index in [0.717, 1.165) is 13.0 Å². The van der Waals surface area contributed by atoms with Crippen LogP contribution in [-0.2, 0) is 6.42 Å². The zero-order valence-electron chi connectivity index (χ0n) is 12.3. The van der Waals surface area contributed by atoms with Crippen LogP contribution in [0.5, 0.6) is 0 Å². The van der Waals surface area contributed by atoms with Gasteiger partial charge < -0.3 is 15.4 Å². The van der Waals surface area contributed by atoms with Gasteiger partial charge in [0.25, 0.3) is 0 Å². The lowest BCUT2D eigenvalue weighted by molar-refractivity contribution is 0.252. The molecule has 0 radical (unpaired) electrons. The topological polar surface area (TPSA) is 48.0 Å². The second-order valence-corrected chi connectivity index (χ2v) is 5.45. The lowest BCUT2D eigenvalue weighted by Crippen LogP contribution is -2.31. The fraction of sp³-hybridized carbons (Fsp3) is 0.500. The molecule has 0 fully saturated rings. The lowest BCUT2D eigenvalue weighted by Gasteiger charge is -2.10. The minimum atomic E-state index is 0.162. The Labute approximate surface area is 115 Å². The Hall–Kier alpha value is -1.32. The Morgan fingerprint density at radius 1 is 1.26 bits per heavy atom. The van der Waals surface area contributed by atoms with Crippen molar-refractivity contribution < 1.29 is 5.11 Å². The van der Waals surface area contributed by atoms with Gasteiger partial charge in [-0.15, -0.1) is 0 Å². The van der Waals surface area contributed by atoms with Gasteiger partial charge in [0.05, 0.1) is 6.61 Å². The number of fused-ring (bicyclic) bond motifs is 1. The molecule has 3 nitrogen and oxygen atoms in total. The normalized spacial score (nSPS) is 13.1. The van der Waals surface area contributed by atoms with Gasteiger partial charge in [0.2, 0.25) is 0 Å². The smallest absolute Gasteiger partial charge is 0.0581 e. The molecule has 0 bridgehead atoms. The first-order valence-electron chi connectivity index (χ1n) is 6.96. The monoisotopic (exact) mass is 260 g/mol. The summed E-state index contributed by atoms with van der Waals surface area (Å²) in [5.74, 6) is 0. The van der Waals surface area contributed by atoms with Gasteiger partial charge in [-0.3, -0.25) is 0 Å². The number of nitrogens with one attached hydrogen (secondary N) is 2. The van der Waals surface area contributed by atoms with E-state index >= 15 is 0 Å². The number of aliphatic hydroxyl groups excluding tert-OH is 1. The molecule has 1 atom stereocenters. The summed E-state index contributed by atoms with van der Waals surface area (Å²) < 4.78 is 0. The van der Waals surface area contributed by atoms with Crippen molar-refractivity contribution >= 4 is 10.9 Å². The van der Waals surface area contributed by atoms with E-state index in [0.29, 0.717) is 0 Å². The van der Waals surface area contributed by atoms with Crippen LogP contribution >= 0.6 is 0 Å². The van der Waals surface area contributed by atoms with Crippen LogP contribution < -0.4 is 5.32 Å². The average molecular weight is 260 g/mol.